The zero-order chi connectivity index (χ0) is 5.70. The highest BCUT2D eigenvalue weighted by atomic mass is 16.7. The molecule has 7 heavy (non-hydrogen) atoms. The van der Waals surface area contributed by atoms with Crippen molar-refractivity contribution < 1.29 is 4.84 Å². The van der Waals surface area contributed by atoms with Crippen LogP contribution in [0, 0.1) is 0 Å². The van der Waals surface area contributed by atoms with Gasteiger partial charge in [-0.1, -0.05) is 0 Å². The van der Waals surface area contributed by atoms with E-state index in [2.05, 4.69) is 0 Å². The summed E-state index contributed by atoms with van der Waals surface area (Å²) in [6.45, 7) is 1.43. The summed E-state index contributed by atoms with van der Waals surface area (Å²) in [6, 6.07) is 0. The van der Waals surface area contributed by atoms with Crippen molar-refractivity contribution in [2.75, 3.05) is 27.2 Å². The predicted octanol–water partition coefficient (Wildman–Crippen LogP) is -0.562. The van der Waals surface area contributed by atoms with Crippen molar-refractivity contribution in [3.63, 3.8) is 0 Å². The number of hydroxylamine groups is 2. The van der Waals surface area contributed by atoms with Gasteiger partial charge in [0.15, 0.2) is 0 Å². The minimum Gasteiger partial charge on any atom is -0.329 e. The smallest absolute Gasteiger partial charge is 0.0575 e. The molecule has 0 atom stereocenters. The summed E-state index contributed by atoms with van der Waals surface area (Å²) in [7, 11) is 3.46. The van der Waals surface area contributed by atoms with Gasteiger partial charge in [0.2, 0.25) is 0 Å². The van der Waals surface area contributed by atoms with Crippen LogP contribution in [0.2, 0.25) is 0 Å². The summed E-state index contributed by atoms with van der Waals surface area (Å²) in [5.74, 6) is 0. The Labute approximate surface area is 44.0 Å². The number of nitrogens with two attached hydrogens (primary N) is 1. The quantitative estimate of drug-likeness (QED) is 0.488. The lowest BCUT2D eigenvalue weighted by Crippen LogP contribution is -2.24. The second-order valence-corrected chi connectivity index (χ2v) is 1.32. The average molecular weight is 104 g/mol. The van der Waals surface area contributed by atoms with Gasteiger partial charge in [0.1, 0.15) is 0 Å². The summed E-state index contributed by atoms with van der Waals surface area (Å²) in [5.41, 5.74) is 5.18. The molecular formula is C4H12N2O. The molecule has 0 fully saturated rings. The Bertz CT molecular complexity index is 40.7. The maximum atomic E-state index is 5.18. The van der Waals surface area contributed by atoms with Crippen molar-refractivity contribution in [3.8, 4) is 0 Å². The second-order valence-electron chi connectivity index (χ2n) is 1.32. The molecule has 0 amide bonds. The van der Waals surface area contributed by atoms with Crippen molar-refractivity contribution in [2.24, 2.45) is 5.73 Å². The first-order valence-corrected chi connectivity index (χ1v) is 2.26. The summed E-state index contributed by atoms with van der Waals surface area (Å²) in [4.78, 5) is 4.74. The lowest BCUT2D eigenvalue weighted by atomic mass is 10.7. The Morgan fingerprint density at radius 3 is 2.43 bits per heavy atom. The van der Waals surface area contributed by atoms with Gasteiger partial charge >= 0.3 is 0 Å². The van der Waals surface area contributed by atoms with Crippen LogP contribution >= 0.6 is 0 Å². The maximum absolute atomic E-state index is 5.18. The van der Waals surface area contributed by atoms with Crippen LogP contribution in [-0.4, -0.2) is 32.3 Å². The number of likely N-dealkylation sites (N-methyl/N-ethyl adjacent to an activating group) is 1. The van der Waals surface area contributed by atoms with Crippen molar-refractivity contribution in [1.29, 1.82) is 0 Å². The van der Waals surface area contributed by atoms with Crippen molar-refractivity contribution >= 4 is 0 Å². The van der Waals surface area contributed by atoms with Gasteiger partial charge < -0.3 is 10.6 Å². The first-order valence-electron chi connectivity index (χ1n) is 2.26. The number of hydrogen-bond donors (Lipinski definition) is 1. The van der Waals surface area contributed by atoms with E-state index in [1.807, 2.05) is 7.05 Å². The standard InChI is InChI=1S/C4H12N2O/c1-6(7-2)4-3-5/h3-5H2,1-2H3. The van der Waals surface area contributed by atoms with Crippen molar-refractivity contribution in [2.45, 2.75) is 0 Å². The Balaban J connectivity index is 2.83. The van der Waals surface area contributed by atoms with E-state index in [1.165, 1.54) is 0 Å². The average Bonchev–Trinajstić information content (AvgIpc) is 1.68. The second kappa shape index (κ2) is 4.05. The van der Waals surface area contributed by atoms with E-state index in [0.717, 1.165) is 6.54 Å². The maximum Gasteiger partial charge on any atom is 0.0575 e. The summed E-state index contributed by atoms with van der Waals surface area (Å²) in [5, 5.41) is 1.68. The van der Waals surface area contributed by atoms with Gasteiger partial charge in [-0.3, -0.25) is 0 Å². The molecule has 0 aromatic heterocycles. The largest absolute Gasteiger partial charge is 0.329 e. The summed E-state index contributed by atoms with van der Waals surface area (Å²) in [6.07, 6.45) is 0. The Morgan fingerprint density at radius 2 is 2.29 bits per heavy atom. The van der Waals surface area contributed by atoms with Crippen LogP contribution in [0.5, 0.6) is 0 Å². The van der Waals surface area contributed by atoms with Crippen LogP contribution in [0.4, 0.5) is 0 Å². The number of hydrogen-bond acceptors (Lipinski definition) is 3. The molecule has 3 heteroatoms. The van der Waals surface area contributed by atoms with E-state index in [1.54, 1.807) is 12.2 Å². The Morgan fingerprint density at radius 1 is 1.71 bits per heavy atom. The van der Waals surface area contributed by atoms with E-state index < -0.39 is 0 Å². The first-order chi connectivity index (χ1) is 3.31. The fourth-order valence-electron chi connectivity index (χ4n) is 0.273. The molecule has 0 unspecified atom stereocenters. The SMILES string of the molecule is CON(C)CCN. The third-order valence-corrected chi connectivity index (χ3v) is 0.756. The van der Waals surface area contributed by atoms with E-state index in [4.69, 9.17) is 10.6 Å². The van der Waals surface area contributed by atoms with Crippen molar-refractivity contribution in [1.82, 2.24) is 5.06 Å². The topological polar surface area (TPSA) is 38.5 Å². The number of nitrogens with zero attached hydrogens (tertiary/aromatic N) is 1. The summed E-state index contributed by atoms with van der Waals surface area (Å²) >= 11 is 0. The molecule has 44 valence electrons. The first kappa shape index (κ1) is 6.88. The van der Waals surface area contributed by atoms with Gasteiger partial charge in [-0.05, 0) is 0 Å². The monoisotopic (exact) mass is 104 g/mol. The van der Waals surface area contributed by atoms with Gasteiger partial charge in [0.25, 0.3) is 0 Å². The summed E-state index contributed by atoms with van der Waals surface area (Å²) < 4.78 is 0. The normalized spacial score (nSPS) is 10.3. The van der Waals surface area contributed by atoms with Gasteiger partial charge in [-0.2, -0.15) is 5.06 Å². The molecule has 0 saturated heterocycles. The molecule has 0 spiro atoms. The van der Waals surface area contributed by atoms with Crippen LogP contribution in [0.1, 0.15) is 0 Å². The van der Waals surface area contributed by atoms with Gasteiger partial charge in [-0.15, -0.1) is 0 Å². The van der Waals surface area contributed by atoms with Crippen LogP contribution in [0.15, 0.2) is 0 Å². The Hall–Kier alpha value is -0.120. The highest BCUT2D eigenvalue weighted by Crippen LogP contribution is 1.74. The van der Waals surface area contributed by atoms with E-state index in [9.17, 15) is 0 Å². The zero-order valence-corrected chi connectivity index (χ0v) is 4.85. The Kier molecular flexibility index (Phi) is 3.98. The van der Waals surface area contributed by atoms with E-state index in [-0.39, 0.29) is 0 Å². The highest BCUT2D eigenvalue weighted by molar-refractivity contribution is 4.34. The zero-order valence-electron chi connectivity index (χ0n) is 4.85. The minimum atomic E-state index is 0.643. The third kappa shape index (κ3) is 3.72. The fraction of sp³-hybridized carbons (Fsp3) is 1.00. The molecule has 0 aliphatic carbocycles. The van der Waals surface area contributed by atoms with Gasteiger partial charge in [-0.25, -0.2) is 0 Å². The molecule has 0 aromatic rings. The number of rotatable bonds is 3. The molecular weight excluding hydrogens is 92.1 g/mol. The van der Waals surface area contributed by atoms with Gasteiger partial charge in [0, 0.05) is 20.1 Å². The molecule has 0 rings (SSSR count). The van der Waals surface area contributed by atoms with E-state index in [0.29, 0.717) is 6.54 Å². The van der Waals surface area contributed by atoms with Crippen LogP contribution < -0.4 is 5.73 Å². The molecule has 0 aliphatic heterocycles. The molecule has 3 nitrogen and oxygen atoms in total. The van der Waals surface area contributed by atoms with Crippen molar-refractivity contribution in [3.05, 3.63) is 0 Å². The van der Waals surface area contributed by atoms with Crippen LogP contribution in [0.3, 0.4) is 0 Å². The minimum absolute atomic E-state index is 0.643. The van der Waals surface area contributed by atoms with Crippen LogP contribution in [0.25, 0.3) is 0 Å². The predicted molar refractivity (Wildman–Crippen MR) is 28.7 cm³/mol. The van der Waals surface area contributed by atoms with Gasteiger partial charge in [0.05, 0.1) is 7.11 Å². The third-order valence-electron chi connectivity index (χ3n) is 0.756. The van der Waals surface area contributed by atoms with Crippen LogP contribution in [-0.2, 0) is 4.84 Å². The fourth-order valence-corrected chi connectivity index (χ4v) is 0.273. The van der Waals surface area contributed by atoms with E-state index >= 15 is 0 Å². The highest BCUT2D eigenvalue weighted by Gasteiger charge is 1.87. The molecule has 0 aliphatic rings. The lowest BCUT2D eigenvalue weighted by Gasteiger charge is -2.09. The molecule has 0 radical (unpaired) electrons. The molecule has 0 heterocycles. The molecule has 0 saturated carbocycles. The molecule has 0 aromatic carbocycles. The molecule has 2 N–H and O–H groups in total. The molecule has 0 bridgehead atoms. The lowest BCUT2D eigenvalue weighted by molar-refractivity contribution is -0.106.